The number of hydrogen-bond donors (Lipinski definition) is 1. The van der Waals surface area contributed by atoms with Gasteiger partial charge in [0.05, 0.1) is 25.5 Å². The third-order valence-electron chi connectivity index (χ3n) is 4.12. The van der Waals surface area contributed by atoms with E-state index in [9.17, 15) is 4.79 Å². The maximum absolute atomic E-state index is 11.9. The minimum atomic E-state index is -0.348. The molecule has 1 saturated heterocycles. The molecule has 1 aliphatic heterocycles. The molecule has 2 aromatic rings. The van der Waals surface area contributed by atoms with E-state index in [1.165, 1.54) is 5.56 Å². The number of morpholine rings is 1. The molecular weight excluding hydrogens is 306 g/mol. The van der Waals surface area contributed by atoms with Crippen molar-refractivity contribution in [2.45, 2.75) is 26.0 Å². The van der Waals surface area contributed by atoms with Crippen molar-refractivity contribution in [3.8, 4) is 0 Å². The molecule has 0 unspecified atom stereocenters. The fourth-order valence-corrected chi connectivity index (χ4v) is 2.98. The summed E-state index contributed by atoms with van der Waals surface area (Å²) >= 11 is 0. The summed E-state index contributed by atoms with van der Waals surface area (Å²) in [5.41, 5.74) is 2.59. The van der Waals surface area contributed by atoms with Crippen LogP contribution in [0.5, 0.6) is 0 Å². The maximum atomic E-state index is 11.9. The Morgan fingerprint density at radius 3 is 3.04 bits per heavy atom. The van der Waals surface area contributed by atoms with Crippen LogP contribution in [-0.2, 0) is 22.4 Å². The molecule has 0 amide bonds. The average molecular weight is 329 g/mol. The van der Waals surface area contributed by atoms with Gasteiger partial charge in [0.1, 0.15) is 5.69 Å². The van der Waals surface area contributed by atoms with Crippen LogP contribution in [0.3, 0.4) is 0 Å². The lowest BCUT2D eigenvalue weighted by molar-refractivity contribution is -0.0305. The first-order chi connectivity index (χ1) is 11.8. The molecule has 1 N–H and O–H groups in total. The van der Waals surface area contributed by atoms with Gasteiger partial charge in [0.15, 0.2) is 0 Å². The van der Waals surface area contributed by atoms with Gasteiger partial charge in [-0.25, -0.2) is 4.79 Å². The molecule has 6 nitrogen and oxygen atoms in total. The molecule has 0 spiro atoms. The van der Waals surface area contributed by atoms with Crippen LogP contribution in [0.2, 0.25) is 0 Å². The number of esters is 1. The molecule has 0 radical (unpaired) electrons. The van der Waals surface area contributed by atoms with Gasteiger partial charge in [-0.2, -0.15) is 5.10 Å². The molecule has 0 bridgehead atoms. The third-order valence-corrected chi connectivity index (χ3v) is 4.12. The number of ether oxygens (including phenoxy) is 2. The Hall–Kier alpha value is -2.18. The van der Waals surface area contributed by atoms with E-state index in [0.717, 1.165) is 25.1 Å². The van der Waals surface area contributed by atoms with Crippen LogP contribution in [0.15, 0.2) is 36.5 Å². The van der Waals surface area contributed by atoms with Crippen molar-refractivity contribution in [3.05, 3.63) is 53.3 Å². The maximum Gasteiger partial charge on any atom is 0.356 e. The van der Waals surface area contributed by atoms with Gasteiger partial charge in [-0.3, -0.25) is 10.00 Å². The normalized spacial score (nSPS) is 18.5. The Labute approximate surface area is 141 Å². The minimum absolute atomic E-state index is 0.166. The van der Waals surface area contributed by atoms with E-state index < -0.39 is 0 Å². The first kappa shape index (κ1) is 16.7. The number of rotatable bonds is 6. The number of benzene rings is 1. The van der Waals surface area contributed by atoms with Crippen LogP contribution >= 0.6 is 0 Å². The number of H-pyrrole nitrogens is 1. The van der Waals surface area contributed by atoms with Crippen molar-refractivity contribution in [2.75, 3.05) is 26.3 Å². The minimum Gasteiger partial charge on any atom is -0.461 e. The predicted molar refractivity (Wildman–Crippen MR) is 89.7 cm³/mol. The highest BCUT2D eigenvalue weighted by molar-refractivity contribution is 5.88. The molecule has 1 aromatic heterocycles. The van der Waals surface area contributed by atoms with Gasteiger partial charge in [-0.15, -0.1) is 0 Å². The number of nitrogens with one attached hydrogen (secondary N) is 1. The van der Waals surface area contributed by atoms with Crippen molar-refractivity contribution in [1.82, 2.24) is 15.1 Å². The monoisotopic (exact) mass is 329 g/mol. The molecule has 3 rings (SSSR count). The Balaban J connectivity index is 1.60. The molecule has 1 aromatic carbocycles. The number of aromatic nitrogens is 2. The van der Waals surface area contributed by atoms with Crippen molar-refractivity contribution >= 4 is 5.97 Å². The second-order valence-electron chi connectivity index (χ2n) is 5.91. The Kier molecular flexibility index (Phi) is 5.61. The lowest BCUT2D eigenvalue weighted by Gasteiger charge is -2.32. The summed E-state index contributed by atoms with van der Waals surface area (Å²) in [7, 11) is 0. The molecule has 2 heterocycles. The zero-order chi connectivity index (χ0) is 16.8. The largest absolute Gasteiger partial charge is 0.461 e. The molecular formula is C18H23N3O3. The Morgan fingerprint density at radius 2 is 2.25 bits per heavy atom. The summed E-state index contributed by atoms with van der Waals surface area (Å²) in [6.07, 6.45) is 2.76. The SMILES string of the molecule is CCOC(=O)c1[nH]ncc1CN1CCO[C@@H](Cc2ccccc2)C1. The Bertz CT molecular complexity index is 657. The van der Waals surface area contributed by atoms with Crippen LogP contribution in [-0.4, -0.2) is 53.5 Å². The molecule has 0 aliphatic carbocycles. The lowest BCUT2D eigenvalue weighted by Crippen LogP contribution is -2.43. The van der Waals surface area contributed by atoms with Crippen molar-refractivity contribution in [3.63, 3.8) is 0 Å². The molecule has 128 valence electrons. The Morgan fingerprint density at radius 1 is 1.42 bits per heavy atom. The van der Waals surface area contributed by atoms with E-state index >= 15 is 0 Å². The highest BCUT2D eigenvalue weighted by atomic mass is 16.5. The van der Waals surface area contributed by atoms with E-state index in [-0.39, 0.29) is 12.1 Å². The van der Waals surface area contributed by atoms with Crippen molar-refractivity contribution in [2.24, 2.45) is 0 Å². The van der Waals surface area contributed by atoms with Crippen LogP contribution in [0.4, 0.5) is 0 Å². The number of aromatic amines is 1. The fraction of sp³-hybridized carbons (Fsp3) is 0.444. The van der Waals surface area contributed by atoms with Crippen LogP contribution in [0, 0.1) is 0 Å². The van der Waals surface area contributed by atoms with E-state index in [1.54, 1.807) is 13.1 Å². The predicted octanol–water partition coefficient (Wildman–Crippen LogP) is 2.03. The van der Waals surface area contributed by atoms with Gasteiger partial charge < -0.3 is 9.47 Å². The number of hydrogen-bond acceptors (Lipinski definition) is 5. The lowest BCUT2D eigenvalue weighted by atomic mass is 10.1. The van der Waals surface area contributed by atoms with Gasteiger partial charge >= 0.3 is 5.97 Å². The van der Waals surface area contributed by atoms with Crippen LogP contribution in [0.25, 0.3) is 0 Å². The number of nitrogens with zero attached hydrogens (tertiary/aromatic N) is 2. The summed E-state index contributed by atoms with van der Waals surface area (Å²) in [6.45, 7) is 5.20. The summed E-state index contributed by atoms with van der Waals surface area (Å²) < 4.78 is 11.0. The molecule has 6 heteroatoms. The van der Waals surface area contributed by atoms with E-state index in [0.29, 0.717) is 25.5 Å². The van der Waals surface area contributed by atoms with Gasteiger partial charge in [-0.05, 0) is 18.9 Å². The zero-order valence-corrected chi connectivity index (χ0v) is 13.9. The second kappa shape index (κ2) is 8.08. The quantitative estimate of drug-likeness (QED) is 0.822. The third kappa shape index (κ3) is 4.21. The zero-order valence-electron chi connectivity index (χ0n) is 13.9. The van der Waals surface area contributed by atoms with Crippen LogP contribution < -0.4 is 0 Å². The summed E-state index contributed by atoms with van der Waals surface area (Å²) in [5.74, 6) is -0.348. The van der Waals surface area contributed by atoms with E-state index in [2.05, 4.69) is 27.2 Å². The highest BCUT2D eigenvalue weighted by Gasteiger charge is 2.23. The topological polar surface area (TPSA) is 67.5 Å². The molecule has 24 heavy (non-hydrogen) atoms. The smallest absolute Gasteiger partial charge is 0.356 e. The number of carbonyl (C=O) groups is 1. The molecule has 0 saturated carbocycles. The van der Waals surface area contributed by atoms with Gasteiger partial charge in [-0.1, -0.05) is 30.3 Å². The summed E-state index contributed by atoms with van der Waals surface area (Å²) in [4.78, 5) is 14.2. The number of carbonyl (C=O) groups excluding carboxylic acids is 1. The van der Waals surface area contributed by atoms with Crippen molar-refractivity contribution in [1.29, 1.82) is 0 Å². The highest BCUT2D eigenvalue weighted by Crippen LogP contribution is 2.16. The van der Waals surface area contributed by atoms with E-state index in [4.69, 9.17) is 9.47 Å². The first-order valence-electron chi connectivity index (χ1n) is 8.33. The first-order valence-corrected chi connectivity index (χ1v) is 8.33. The average Bonchev–Trinajstić information content (AvgIpc) is 3.04. The second-order valence-corrected chi connectivity index (χ2v) is 5.91. The molecule has 1 atom stereocenters. The fourth-order valence-electron chi connectivity index (χ4n) is 2.98. The van der Waals surface area contributed by atoms with Gasteiger partial charge in [0, 0.05) is 25.2 Å². The molecule has 1 fully saturated rings. The van der Waals surface area contributed by atoms with Gasteiger partial charge in [0.25, 0.3) is 0 Å². The summed E-state index contributed by atoms with van der Waals surface area (Å²) in [6, 6.07) is 10.4. The standard InChI is InChI=1S/C18H23N3O3/c1-2-23-18(22)17-15(11-19-20-17)12-21-8-9-24-16(13-21)10-14-6-4-3-5-7-14/h3-7,11,16H,2,8-10,12-13H2,1H3,(H,19,20)/t16-/m0/s1. The molecule has 1 aliphatic rings. The summed E-state index contributed by atoms with van der Waals surface area (Å²) in [5, 5.41) is 6.74. The van der Waals surface area contributed by atoms with Gasteiger partial charge in [0.2, 0.25) is 0 Å². The van der Waals surface area contributed by atoms with Crippen LogP contribution in [0.1, 0.15) is 28.5 Å². The van der Waals surface area contributed by atoms with E-state index in [1.807, 2.05) is 18.2 Å². The van der Waals surface area contributed by atoms with Crippen molar-refractivity contribution < 1.29 is 14.3 Å².